The Morgan fingerprint density at radius 2 is 1.30 bits per heavy atom. The van der Waals surface area contributed by atoms with Crippen LogP contribution in [0, 0.1) is 0 Å². The molecule has 0 aliphatic carbocycles. The maximum Gasteiger partial charge on any atom is 0.123 e. The van der Waals surface area contributed by atoms with Gasteiger partial charge in [-0.1, -0.05) is 72.8 Å². The van der Waals surface area contributed by atoms with E-state index in [0.717, 1.165) is 5.01 Å². The molecule has 4 rings (SSSR count). The summed E-state index contributed by atoms with van der Waals surface area (Å²) in [6, 6.07) is 27.6. The Labute approximate surface area is 139 Å². The summed E-state index contributed by atoms with van der Waals surface area (Å²) in [6.07, 6.45) is 1.87. The van der Waals surface area contributed by atoms with Crippen molar-refractivity contribution in [3.05, 3.63) is 90.4 Å². The molecule has 0 unspecified atom stereocenters. The summed E-state index contributed by atoms with van der Waals surface area (Å²) in [5, 5.41) is 3.08. The summed E-state index contributed by atoms with van der Waals surface area (Å²) in [5.41, 5.74) is 6.07. The number of benzene rings is 3. The Balaban J connectivity index is 1.91. The minimum atomic E-state index is 1.06. The highest BCUT2D eigenvalue weighted by Gasteiger charge is 2.11. The van der Waals surface area contributed by atoms with E-state index in [9.17, 15) is 0 Å². The molecule has 3 aromatic carbocycles. The van der Waals surface area contributed by atoms with Gasteiger partial charge in [0.15, 0.2) is 0 Å². The van der Waals surface area contributed by atoms with E-state index in [1.807, 2.05) is 23.7 Å². The first kappa shape index (κ1) is 13.9. The minimum absolute atomic E-state index is 1.06. The smallest absolute Gasteiger partial charge is 0.123 e. The topological polar surface area (TPSA) is 12.9 Å². The highest BCUT2D eigenvalue weighted by molar-refractivity contribution is 7.13. The Morgan fingerprint density at radius 1 is 0.609 bits per heavy atom. The van der Waals surface area contributed by atoms with Crippen molar-refractivity contribution in [3.63, 3.8) is 0 Å². The zero-order valence-corrected chi connectivity index (χ0v) is 13.3. The molecule has 1 aromatic heterocycles. The molecular weight excluding hydrogens is 298 g/mol. The molecule has 4 aromatic rings. The number of hydrogen-bond acceptors (Lipinski definition) is 2. The van der Waals surface area contributed by atoms with Gasteiger partial charge in [0, 0.05) is 17.1 Å². The van der Waals surface area contributed by atoms with Crippen LogP contribution in [0.2, 0.25) is 0 Å². The van der Waals surface area contributed by atoms with Gasteiger partial charge in [0.25, 0.3) is 0 Å². The lowest BCUT2D eigenvalue weighted by Gasteiger charge is -2.11. The summed E-state index contributed by atoms with van der Waals surface area (Å²) >= 11 is 1.68. The van der Waals surface area contributed by atoms with Gasteiger partial charge in [-0.25, -0.2) is 4.98 Å². The first-order valence-corrected chi connectivity index (χ1v) is 8.44. The molecule has 0 bridgehead atoms. The van der Waals surface area contributed by atoms with Crippen molar-refractivity contribution in [1.82, 2.24) is 4.98 Å². The molecule has 110 valence electrons. The van der Waals surface area contributed by atoms with Gasteiger partial charge in [0.1, 0.15) is 5.01 Å². The molecule has 0 N–H and O–H groups in total. The number of aromatic nitrogens is 1. The standard InChI is InChI=1S/C21H15NS/c1-3-7-16(8-4-1)18-11-12-19(17-9-5-2-6-10-17)20(15-18)21-22-13-14-23-21/h1-15H. The molecule has 0 atom stereocenters. The number of thiazole rings is 1. The summed E-state index contributed by atoms with van der Waals surface area (Å²) < 4.78 is 0. The third-order valence-electron chi connectivity index (χ3n) is 3.87. The molecule has 0 fully saturated rings. The molecular formula is C21H15NS. The van der Waals surface area contributed by atoms with Crippen LogP contribution in [0.5, 0.6) is 0 Å². The van der Waals surface area contributed by atoms with Crippen LogP contribution >= 0.6 is 11.3 Å². The first-order valence-electron chi connectivity index (χ1n) is 7.56. The maximum atomic E-state index is 4.53. The van der Waals surface area contributed by atoms with Crippen LogP contribution in [0.1, 0.15) is 0 Å². The minimum Gasteiger partial charge on any atom is -0.245 e. The van der Waals surface area contributed by atoms with E-state index in [-0.39, 0.29) is 0 Å². The fourth-order valence-corrected chi connectivity index (χ4v) is 3.43. The lowest BCUT2D eigenvalue weighted by atomic mass is 9.95. The van der Waals surface area contributed by atoms with Gasteiger partial charge < -0.3 is 0 Å². The van der Waals surface area contributed by atoms with E-state index in [1.54, 1.807) is 11.3 Å². The van der Waals surface area contributed by atoms with E-state index in [4.69, 9.17) is 0 Å². The highest BCUT2D eigenvalue weighted by atomic mass is 32.1. The summed E-state index contributed by atoms with van der Waals surface area (Å²) in [7, 11) is 0. The normalized spacial score (nSPS) is 10.6. The van der Waals surface area contributed by atoms with Gasteiger partial charge in [-0.05, 0) is 28.3 Å². The third kappa shape index (κ3) is 2.81. The first-order chi connectivity index (χ1) is 11.4. The summed E-state index contributed by atoms with van der Waals surface area (Å²) in [6.45, 7) is 0. The molecule has 0 aliphatic rings. The quantitative estimate of drug-likeness (QED) is 0.442. The van der Waals surface area contributed by atoms with E-state index in [0.29, 0.717) is 0 Å². The second kappa shape index (κ2) is 6.19. The average Bonchev–Trinajstić information content (AvgIpc) is 3.17. The predicted molar refractivity (Wildman–Crippen MR) is 98.4 cm³/mol. The molecule has 0 saturated heterocycles. The van der Waals surface area contributed by atoms with E-state index in [2.05, 4.69) is 71.7 Å². The average molecular weight is 313 g/mol. The zero-order valence-electron chi connectivity index (χ0n) is 12.5. The maximum absolute atomic E-state index is 4.53. The Morgan fingerprint density at radius 3 is 1.96 bits per heavy atom. The zero-order chi connectivity index (χ0) is 15.5. The molecule has 0 radical (unpaired) electrons. The Bertz CT molecular complexity index is 897. The highest BCUT2D eigenvalue weighted by Crippen LogP contribution is 2.36. The molecule has 2 heteroatoms. The van der Waals surface area contributed by atoms with Crippen LogP contribution in [0.3, 0.4) is 0 Å². The fraction of sp³-hybridized carbons (Fsp3) is 0. The van der Waals surface area contributed by atoms with Gasteiger partial charge >= 0.3 is 0 Å². The molecule has 0 saturated carbocycles. The lowest BCUT2D eigenvalue weighted by molar-refractivity contribution is 1.41. The van der Waals surface area contributed by atoms with E-state index >= 15 is 0 Å². The van der Waals surface area contributed by atoms with Crippen LogP contribution < -0.4 is 0 Å². The van der Waals surface area contributed by atoms with Gasteiger partial charge in [-0.3, -0.25) is 0 Å². The molecule has 1 nitrogen and oxygen atoms in total. The Hall–Kier alpha value is -2.71. The summed E-state index contributed by atoms with van der Waals surface area (Å²) in [4.78, 5) is 4.53. The second-order valence-corrected chi connectivity index (χ2v) is 6.22. The van der Waals surface area contributed by atoms with Gasteiger partial charge in [-0.2, -0.15) is 0 Å². The molecule has 1 heterocycles. The van der Waals surface area contributed by atoms with E-state index in [1.165, 1.54) is 27.8 Å². The van der Waals surface area contributed by atoms with Crippen LogP contribution in [-0.2, 0) is 0 Å². The van der Waals surface area contributed by atoms with Crippen molar-refractivity contribution in [3.8, 4) is 32.8 Å². The van der Waals surface area contributed by atoms with Crippen molar-refractivity contribution < 1.29 is 0 Å². The predicted octanol–water partition coefficient (Wildman–Crippen LogP) is 6.14. The summed E-state index contributed by atoms with van der Waals surface area (Å²) in [5.74, 6) is 0. The van der Waals surface area contributed by atoms with Crippen molar-refractivity contribution in [1.29, 1.82) is 0 Å². The van der Waals surface area contributed by atoms with Crippen LogP contribution in [-0.4, -0.2) is 4.98 Å². The van der Waals surface area contributed by atoms with E-state index < -0.39 is 0 Å². The van der Waals surface area contributed by atoms with Crippen LogP contribution in [0.25, 0.3) is 32.8 Å². The Kier molecular flexibility index (Phi) is 3.75. The van der Waals surface area contributed by atoms with Crippen LogP contribution in [0.15, 0.2) is 90.4 Å². The molecule has 0 amide bonds. The number of hydrogen-bond donors (Lipinski definition) is 0. The largest absolute Gasteiger partial charge is 0.245 e. The second-order valence-electron chi connectivity index (χ2n) is 5.33. The number of nitrogens with zero attached hydrogens (tertiary/aromatic N) is 1. The van der Waals surface area contributed by atoms with Gasteiger partial charge in [0.05, 0.1) is 0 Å². The molecule has 0 spiro atoms. The molecule has 23 heavy (non-hydrogen) atoms. The molecule has 0 aliphatic heterocycles. The lowest BCUT2D eigenvalue weighted by Crippen LogP contribution is -1.87. The fourth-order valence-electron chi connectivity index (χ4n) is 2.76. The van der Waals surface area contributed by atoms with Crippen molar-refractivity contribution in [2.24, 2.45) is 0 Å². The third-order valence-corrected chi connectivity index (χ3v) is 4.68. The number of rotatable bonds is 3. The SMILES string of the molecule is c1ccc(-c2ccc(-c3ccccc3)c(-c3nccs3)c2)cc1. The van der Waals surface area contributed by atoms with Gasteiger partial charge in [0.2, 0.25) is 0 Å². The van der Waals surface area contributed by atoms with Crippen molar-refractivity contribution >= 4 is 11.3 Å². The monoisotopic (exact) mass is 313 g/mol. The van der Waals surface area contributed by atoms with Crippen molar-refractivity contribution in [2.75, 3.05) is 0 Å². The van der Waals surface area contributed by atoms with Crippen molar-refractivity contribution in [2.45, 2.75) is 0 Å². The van der Waals surface area contributed by atoms with Gasteiger partial charge in [-0.15, -0.1) is 11.3 Å². The van der Waals surface area contributed by atoms with Crippen LogP contribution in [0.4, 0.5) is 0 Å².